The monoisotopic (exact) mass is 416 g/mol. The van der Waals surface area contributed by atoms with Crippen molar-refractivity contribution in [3.05, 3.63) is 68.7 Å². The third-order valence-electron chi connectivity index (χ3n) is 4.14. The summed E-state index contributed by atoms with van der Waals surface area (Å²) in [5, 5.41) is 15.2. The van der Waals surface area contributed by atoms with Gasteiger partial charge in [0.15, 0.2) is 6.04 Å². The summed E-state index contributed by atoms with van der Waals surface area (Å²) in [7, 11) is 0. The fourth-order valence-corrected chi connectivity index (χ4v) is 2.86. The van der Waals surface area contributed by atoms with E-state index in [1.54, 1.807) is 30.4 Å². The van der Waals surface area contributed by atoms with Crippen LogP contribution in [0.5, 0.6) is 0 Å². The molecule has 0 radical (unpaired) electrons. The van der Waals surface area contributed by atoms with E-state index in [4.69, 9.17) is 11.6 Å². The zero-order valence-electron chi connectivity index (χ0n) is 15.0. The molecule has 2 rings (SSSR count). The predicted octanol–water partition coefficient (Wildman–Crippen LogP) is 3.92. The van der Waals surface area contributed by atoms with Crippen molar-refractivity contribution in [3.8, 4) is 0 Å². The lowest BCUT2D eigenvalue weighted by Gasteiger charge is -2.18. The van der Waals surface area contributed by atoms with Crippen molar-refractivity contribution < 1.29 is 28.2 Å². The Morgan fingerprint density at radius 2 is 1.89 bits per heavy atom. The molecular formula is C18H18ClF3N3O3+. The molecule has 10 heteroatoms. The van der Waals surface area contributed by atoms with Gasteiger partial charge in [0.25, 0.3) is 11.6 Å². The number of halogens is 4. The fraction of sp³-hybridized carbons (Fsp3) is 0.278. The molecule has 0 aliphatic heterocycles. The lowest BCUT2D eigenvalue weighted by atomic mass is 10.1. The van der Waals surface area contributed by atoms with E-state index in [9.17, 15) is 28.1 Å². The van der Waals surface area contributed by atoms with Crippen LogP contribution in [-0.2, 0) is 11.0 Å². The number of carbonyl (C=O) groups excluding carboxylic acids is 1. The second-order valence-electron chi connectivity index (χ2n) is 6.30. The Labute approximate surface area is 163 Å². The second kappa shape index (κ2) is 8.57. The minimum Gasteiger partial charge on any atom is -0.330 e. The van der Waals surface area contributed by atoms with E-state index in [2.05, 4.69) is 5.32 Å². The summed E-state index contributed by atoms with van der Waals surface area (Å²) in [6, 6.07) is 8.35. The first-order valence-corrected chi connectivity index (χ1v) is 8.63. The maximum Gasteiger partial charge on any atom is 0.418 e. The second-order valence-corrected chi connectivity index (χ2v) is 6.74. The number of alkyl halides is 3. The summed E-state index contributed by atoms with van der Waals surface area (Å²) in [6.45, 7) is 3.39. The first kappa shape index (κ1) is 21.6. The molecule has 0 aliphatic rings. The fourth-order valence-electron chi connectivity index (χ4n) is 2.66. The van der Waals surface area contributed by atoms with Crippen LogP contribution in [0.3, 0.4) is 0 Å². The largest absolute Gasteiger partial charge is 0.418 e. The van der Waals surface area contributed by atoms with Crippen LogP contribution in [0.15, 0.2) is 42.5 Å². The number of quaternary nitrogens is 1. The van der Waals surface area contributed by atoms with Crippen molar-refractivity contribution in [1.29, 1.82) is 0 Å². The summed E-state index contributed by atoms with van der Waals surface area (Å²) < 4.78 is 39.7. The van der Waals surface area contributed by atoms with Crippen LogP contribution < -0.4 is 10.6 Å². The van der Waals surface area contributed by atoms with E-state index in [1.807, 2.05) is 13.0 Å². The van der Waals surface area contributed by atoms with Gasteiger partial charge in [-0.2, -0.15) is 13.2 Å². The number of anilines is 1. The van der Waals surface area contributed by atoms with Gasteiger partial charge in [-0.3, -0.25) is 14.9 Å². The SMILES string of the molecule is C[C@@H]([NH2+][C@H](C)c1cccc(Cl)c1)C(=O)Nc1ccc([N+](=O)[O-])cc1C(F)(F)F. The van der Waals surface area contributed by atoms with Crippen LogP contribution in [-0.4, -0.2) is 16.9 Å². The number of hydrogen-bond donors (Lipinski definition) is 2. The molecule has 1 amide bonds. The van der Waals surface area contributed by atoms with Crippen molar-refractivity contribution >= 4 is 28.9 Å². The van der Waals surface area contributed by atoms with Gasteiger partial charge in [0.1, 0.15) is 6.04 Å². The van der Waals surface area contributed by atoms with E-state index in [0.29, 0.717) is 11.1 Å². The number of nitrogens with two attached hydrogens (primary N) is 1. The predicted molar refractivity (Wildman–Crippen MR) is 98.0 cm³/mol. The molecule has 0 saturated carbocycles. The number of nitrogens with one attached hydrogen (secondary N) is 1. The Hall–Kier alpha value is -2.65. The van der Waals surface area contributed by atoms with Gasteiger partial charge in [0.2, 0.25) is 0 Å². The first-order valence-electron chi connectivity index (χ1n) is 8.26. The minimum absolute atomic E-state index is 0.168. The normalized spacial score (nSPS) is 13.6. The van der Waals surface area contributed by atoms with E-state index in [-0.39, 0.29) is 6.04 Å². The van der Waals surface area contributed by atoms with Crippen molar-refractivity contribution in [2.24, 2.45) is 0 Å². The first-order chi connectivity index (χ1) is 13.0. The number of benzene rings is 2. The van der Waals surface area contributed by atoms with Crippen LogP contribution in [0.2, 0.25) is 5.02 Å². The molecule has 2 aromatic carbocycles. The minimum atomic E-state index is -4.85. The number of non-ortho nitro benzene ring substituents is 1. The van der Waals surface area contributed by atoms with Crippen LogP contribution in [0.1, 0.15) is 31.0 Å². The molecule has 0 heterocycles. The lowest BCUT2D eigenvalue weighted by molar-refractivity contribution is -0.709. The van der Waals surface area contributed by atoms with Gasteiger partial charge in [-0.25, -0.2) is 0 Å². The zero-order valence-corrected chi connectivity index (χ0v) is 15.7. The molecule has 2 aromatic rings. The summed E-state index contributed by atoms with van der Waals surface area (Å²) in [5.74, 6) is -0.659. The zero-order chi connectivity index (χ0) is 21.1. The van der Waals surface area contributed by atoms with Gasteiger partial charge in [-0.15, -0.1) is 0 Å². The highest BCUT2D eigenvalue weighted by Gasteiger charge is 2.36. The quantitative estimate of drug-likeness (QED) is 0.552. The van der Waals surface area contributed by atoms with Crippen molar-refractivity contribution in [2.45, 2.75) is 32.1 Å². The van der Waals surface area contributed by atoms with Gasteiger partial charge in [0, 0.05) is 22.7 Å². The van der Waals surface area contributed by atoms with Crippen LogP contribution in [0.25, 0.3) is 0 Å². The topological polar surface area (TPSA) is 88.8 Å². The Morgan fingerprint density at radius 1 is 1.21 bits per heavy atom. The highest BCUT2D eigenvalue weighted by molar-refractivity contribution is 6.30. The van der Waals surface area contributed by atoms with Crippen LogP contribution in [0.4, 0.5) is 24.5 Å². The molecule has 6 nitrogen and oxygen atoms in total. The molecule has 0 unspecified atom stereocenters. The smallest absolute Gasteiger partial charge is 0.330 e. The average molecular weight is 417 g/mol. The average Bonchev–Trinajstić information content (AvgIpc) is 2.60. The van der Waals surface area contributed by atoms with E-state index >= 15 is 0 Å². The number of carbonyl (C=O) groups is 1. The molecule has 0 aliphatic carbocycles. The summed E-state index contributed by atoms with van der Waals surface area (Å²) in [4.78, 5) is 22.2. The molecule has 0 spiro atoms. The Kier molecular flexibility index (Phi) is 6.63. The van der Waals surface area contributed by atoms with Gasteiger partial charge >= 0.3 is 6.18 Å². The molecule has 150 valence electrons. The molecule has 0 bridgehead atoms. The number of nitrogens with zero attached hydrogens (tertiary/aromatic N) is 1. The van der Waals surface area contributed by atoms with E-state index in [0.717, 1.165) is 17.7 Å². The number of nitro benzene ring substituents is 1. The van der Waals surface area contributed by atoms with Gasteiger partial charge in [-0.1, -0.05) is 23.7 Å². The highest BCUT2D eigenvalue weighted by Crippen LogP contribution is 2.37. The maximum atomic E-state index is 13.2. The van der Waals surface area contributed by atoms with Crippen LogP contribution >= 0.6 is 11.6 Å². The van der Waals surface area contributed by atoms with E-state index in [1.165, 1.54) is 0 Å². The van der Waals surface area contributed by atoms with Crippen molar-refractivity contribution in [3.63, 3.8) is 0 Å². The summed E-state index contributed by atoms with van der Waals surface area (Å²) in [5.41, 5.74) is -1.65. The molecule has 2 atom stereocenters. The number of rotatable bonds is 6. The van der Waals surface area contributed by atoms with E-state index < -0.39 is 40.0 Å². The number of hydrogen-bond acceptors (Lipinski definition) is 3. The van der Waals surface area contributed by atoms with Gasteiger partial charge < -0.3 is 10.6 Å². The summed E-state index contributed by atoms with van der Waals surface area (Å²) >= 11 is 5.94. The van der Waals surface area contributed by atoms with Gasteiger partial charge in [-0.05, 0) is 32.0 Å². The standard InChI is InChI=1S/C18H17ClF3N3O3/c1-10(12-4-3-5-13(19)8-12)23-11(2)17(26)24-16-7-6-14(25(27)28)9-15(16)18(20,21)22/h3-11,23H,1-2H3,(H,24,26)/p+1/t10-,11-/m1/s1. The van der Waals surface area contributed by atoms with Gasteiger partial charge in [0.05, 0.1) is 16.2 Å². The Morgan fingerprint density at radius 3 is 2.46 bits per heavy atom. The Bertz CT molecular complexity index is 890. The van der Waals surface area contributed by atoms with Crippen molar-refractivity contribution in [1.82, 2.24) is 0 Å². The molecule has 28 heavy (non-hydrogen) atoms. The molecule has 0 fully saturated rings. The lowest BCUT2D eigenvalue weighted by Crippen LogP contribution is -2.91. The number of nitro groups is 1. The summed E-state index contributed by atoms with van der Waals surface area (Å²) in [6.07, 6.45) is -4.85. The molecular weight excluding hydrogens is 399 g/mol. The van der Waals surface area contributed by atoms with Crippen LogP contribution in [0, 0.1) is 10.1 Å². The third kappa shape index (κ3) is 5.43. The Balaban J connectivity index is 2.16. The number of amides is 1. The molecule has 0 aromatic heterocycles. The highest BCUT2D eigenvalue weighted by atomic mass is 35.5. The van der Waals surface area contributed by atoms with Crippen molar-refractivity contribution in [2.75, 3.05) is 5.32 Å². The molecule has 0 saturated heterocycles. The maximum absolute atomic E-state index is 13.2. The third-order valence-corrected chi connectivity index (χ3v) is 4.38. The molecule has 3 N–H and O–H groups in total.